The number of alkyl carbamates (subject to hydrolysis) is 1. The number of amides is 3. The highest BCUT2D eigenvalue weighted by Crippen LogP contribution is 2.13. The Morgan fingerprint density at radius 1 is 1.17 bits per heavy atom. The van der Waals surface area contributed by atoms with Crippen LogP contribution >= 0.6 is 15.9 Å². The van der Waals surface area contributed by atoms with Gasteiger partial charge in [0, 0.05) is 29.7 Å². The number of likely N-dealkylation sites (tertiary alicyclic amines) is 1. The molecular weight excluding hydrogens is 438 g/mol. The number of piperidine rings is 1. The number of hydrogen-bond donors (Lipinski definition) is 2. The van der Waals surface area contributed by atoms with Gasteiger partial charge in [-0.2, -0.15) is 0 Å². The lowest BCUT2D eigenvalue weighted by molar-refractivity contribution is -0.131. The fourth-order valence-corrected chi connectivity index (χ4v) is 3.11. The molecule has 1 heterocycles. The molecule has 0 bridgehead atoms. The third-order valence-corrected chi connectivity index (χ3v) is 4.80. The molecule has 29 heavy (non-hydrogen) atoms. The van der Waals surface area contributed by atoms with Crippen LogP contribution in [0, 0.1) is 0 Å². The molecule has 0 aromatic heterocycles. The van der Waals surface area contributed by atoms with Crippen molar-refractivity contribution in [3.05, 3.63) is 40.4 Å². The molecule has 3 amide bonds. The monoisotopic (exact) mass is 465 g/mol. The van der Waals surface area contributed by atoms with Crippen molar-refractivity contribution in [1.82, 2.24) is 15.5 Å². The van der Waals surface area contributed by atoms with Crippen LogP contribution in [-0.4, -0.2) is 54.1 Å². The van der Waals surface area contributed by atoms with Crippen LogP contribution in [0.5, 0.6) is 0 Å². The molecule has 7 nitrogen and oxygen atoms in total. The van der Waals surface area contributed by atoms with E-state index in [9.17, 15) is 14.4 Å². The van der Waals surface area contributed by atoms with Gasteiger partial charge in [-0.05, 0) is 57.4 Å². The minimum absolute atomic E-state index is 0.0277. The van der Waals surface area contributed by atoms with Crippen molar-refractivity contribution in [1.29, 1.82) is 0 Å². The molecule has 1 aliphatic heterocycles. The molecule has 1 aromatic carbocycles. The van der Waals surface area contributed by atoms with E-state index < -0.39 is 11.7 Å². The van der Waals surface area contributed by atoms with E-state index in [2.05, 4.69) is 26.6 Å². The average Bonchev–Trinajstić information content (AvgIpc) is 2.65. The Bertz CT molecular complexity index is 748. The summed E-state index contributed by atoms with van der Waals surface area (Å²) in [6.45, 7) is 6.28. The highest BCUT2D eigenvalue weighted by molar-refractivity contribution is 9.10. The third-order valence-electron chi connectivity index (χ3n) is 4.27. The van der Waals surface area contributed by atoms with Gasteiger partial charge in [-0.25, -0.2) is 4.79 Å². The van der Waals surface area contributed by atoms with Crippen molar-refractivity contribution in [3.8, 4) is 0 Å². The number of rotatable bonds is 5. The van der Waals surface area contributed by atoms with Crippen LogP contribution in [0.25, 0.3) is 6.08 Å². The summed E-state index contributed by atoms with van der Waals surface area (Å²) in [6.07, 6.45) is 4.03. The van der Waals surface area contributed by atoms with Crippen LogP contribution in [-0.2, 0) is 14.3 Å². The van der Waals surface area contributed by atoms with E-state index >= 15 is 0 Å². The van der Waals surface area contributed by atoms with Crippen molar-refractivity contribution in [2.24, 2.45) is 0 Å². The lowest BCUT2D eigenvalue weighted by Crippen LogP contribution is -2.49. The van der Waals surface area contributed by atoms with E-state index in [1.54, 1.807) is 31.7 Å². The fraction of sp³-hybridized carbons (Fsp3) is 0.476. The number of carbonyl (C=O) groups is 3. The molecule has 2 N–H and O–H groups in total. The summed E-state index contributed by atoms with van der Waals surface area (Å²) in [7, 11) is 0. The number of benzene rings is 1. The van der Waals surface area contributed by atoms with Gasteiger partial charge in [0.1, 0.15) is 12.1 Å². The molecular formula is C21H28BrN3O4. The normalized spacial score (nSPS) is 15.2. The summed E-state index contributed by atoms with van der Waals surface area (Å²) in [4.78, 5) is 37.7. The molecule has 2 rings (SSSR count). The van der Waals surface area contributed by atoms with E-state index in [1.807, 2.05) is 24.3 Å². The van der Waals surface area contributed by atoms with Crippen molar-refractivity contribution in [3.63, 3.8) is 0 Å². The molecule has 0 aliphatic carbocycles. The standard InChI is InChI=1S/C21H28BrN3O4/c1-21(2,3)29-20(28)23-14-19(27)25-12-10-17(11-13-25)24-18(26)9-6-15-4-7-16(22)8-5-15/h4-9,17H,10-14H2,1-3H3,(H,23,28)(H,24,26)/b9-6+. The maximum absolute atomic E-state index is 12.2. The zero-order chi connectivity index (χ0) is 21.4. The zero-order valence-corrected chi connectivity index (χ0v) is 18.6. The second-order valence-electron chi connectivity index (χ2n) is 7.90. The van der Waals surface area contributed by atoms with Crippen molar-refractivity contribution in [2.75, 3.05) is 19.6 Å². The molecule has 8 heteroatoms. The number of carbonyl (C=O) groups excluding carboxylic acids is 3. The lowest BCUT2D eigenvalue weighted by atomic mass is 10.0. The Balaban J connectivity index is 1.70. The molecule has 0 spiro atoms. The number of ether oxygens (including phenoxy) is 1. The lowest BCUT2D eigenvalue weighted by Gasteiger charge is -2.32. The highest BCUT2D eigenvalue weighted by atomic mass is 79.9. The van der Waals surface area contributed by atoms with Gasteiger partial charge in [0.2, 0.25) is 11.8 Å². The second kappa shape index (κ2) is 10.4. The molecule has 0 radical (unpaired) electrons. The van der Waals surface area contributed by atoms with E-state index in [1.165, 1.54) is 6.08 Å². The smallest absolute Gasteiger partial charge is 0.408 e. The maximum atomic E-state index is 12.2. The second-order valence-corrected chi connectivity index (χ2v) is 8.82. The first-order chi connectivity index (χ1) is 13.6. The van der Waals surface area contributed by atoms with Crippen molar-refractivity contribution >= 4 is 39.9 Å². The van der Waals surface area contributed by atoms with Crippen LogP contribution in [0.15, 0.2) is 34.8 Å². The van der Waals surface area contributed by atoms with Crippen LogP contribution in [0.4, 0.5) is 4.79 Å². The number of halogens is 1. The molecule has 1 aromatic rings. The number of nitrogens with zero attached hydrogens (tertiary/aromatic N) is 1. The Kier molecular flexibility index (Phi) is 8.25. The predicted molar refractivity (Wildman–Crippen MR) is 115 cm³/mol. The van der Waals surface area contributed by atoms with Gasteiger partial charge in [-0.15, -0.1) is 0 Å². The summed E-state index contributed by atoms with van der Waals surface area (Å²) in [5.74, 6) is -0.306. The first kappa shape index (κ1) is 22.9. The van der Waals surface area contributed by atoms with E-state index in [0.717, 1.165) is 10.0 Å². The molecule has 0 unspecified atom stereocenters. The van der Waals surface area contributed by atoms with Gasteiger partial charge < -0.3 is 20.3 Å². The Hall–Kier alpha value is -2.35. The van der Waals surface area contributed by atoms with Crippen LogP contribution in [0.3, 0.4) is 0 Å². The molecule has 1 aliphatic rings. The van der Waals surface area contributed by atoms with Gasteiger partial charge in [0.25, 0.3) is 0 Å². The Morgan fingerprint density at radius 2 is 1.79 bits per heavy atom. The summed E-state index contributed by atoms with van der Waals surface area (Å²) in [5, 5.41) is 5.45. The number of hydrogen-bond acceptors (Lipinski definition) is 4. The van der Waals surface area contributed by atoms with Crippen LogP contribution in [0.2, 0.25) is 0 Å². The first-order valence-corrected chi connectivity index (χ1v) is 10.4. The topological polar surface area (TPSA) is 87.7 Å². The van der Waals surface area contributed by atoms with Crippen LogP contribution < -0.4 is 10.6 Å². The Morgan fingerprint density at radius 3 is 2.38 bits per heavy atom. The molecule has 0 saturated carbocycles. The first-order valence-electron chi connectivity index (χ1n) is 9.61. The SMILES string of the molecule is CC(C)(C)OC(=O)NCC(=O)N1CCC(NC(=O)/C=C/c2ccc(Br)cc2)CC1. The van der Waals surface area contributed by atoms with E-state index in [4.69, 9.17) is 4.74 Å². The average molecular weight is 466 g/mol. The van der Waals surface area contributed by atoms with E-state index in [-0.39, 0.29) is 24.4 Å². The fourth-order valence-electron chi connectivity index (χ4n) is 2.84. The van der Waals surface area contributed by atoms with Crippen molar-refractivity contribution < 1.29 is 19.1 Å². The molecule has 1 saturated heterocycles. The van der Waals surface area contributed by atoms with Gasteiger partial charge in [0.05, 0.1) is 0 Å². The van der Waals surface area contributed by atoms with Crippen molar-refractivity contribution in [2.45, 2.75) is 45.3 Å². The minimum Gasteiger partial charge on any atom is -0.444 e. The highest BCUT2D eigenvalue weighted by Gasteiger charge is 2.24. The zero-order valence-electron chi connectivity index (χ0n) is 17.0. The largest absolute Gasteiger partial charge is 0.444 e. The minimum atomic E-state index is -0.606. The molecule has 158 valence electrons. The van der Waals surface area contributed by atoms with E-state index in [0.29, 0.717) is 25.9 Å². The predicted octanol–water partition coefficient (Wildman–Crippen LogP) is 3.09. The summed E-state index contributed by atoms with van der Waals surface area (Å²) < 4.78 is 6.11. The molecule has 1 fully saturated rings. The van der Waals surface area contributed by atoms with Gasteiger partial charge in [-0.3, -0.25) is 9.59 Å². The quantitative estimate of drug-likeness (QED) is 0.653. The molecule has 0 atom stereocenters. The van der Waals surface area contributed by atoms with Gasteiger partial charge in [-0.1, -0.05) is 28.1 Å². The maximum Gasteiger partial charge on any atom is 0.408 e. The Labute approximate surface area is 180 Å². The van der Waals surface area contributed by atoms with Crippen LogP contribution in [0.1, 0.15) is 39.2 Å². The third kappa shape index (κ3) is 8.68. The van der Waals surface area contributed by atoms with Gasteiger partial charge >= 0.3 is 6.09 Å². The number of nitrogens with one attached hydrogen (secondary N) is 2. The summed E-state index contributed by atoms with van der Waals surface area (Å²) >= 11 is 3.38. The summed E-state index contributed by atoms with van der Waals surface area (Å²) in [5.41, 5.74) is 0.344. The summed E-state index contributed by atoms with van der Waals surface area (Å²) in [6, 6.07) is 7.70. The van der Waals surface area contributed by atoms with Gasteiger partial charge in [0.15, 0.2) is 0 Å².